The van der Waals surface area contributed by atoms with Gasteiger partial charge in [0.25, 0.3) is 0 Å². The Kier molecular flexibility index (Phi) is 6.12. The van der Waals surface area contributed by atoms with E-state index in [0.717, 1.165) is 0 Å². The Morgan fingerprint density at radius 1 is 1.32 bits per heavy atom. The largest absolute Gasteiger partial charge is 0.469 e. The van der Waals surface area contributed by atoms with Crippen molar-refractivity contribution in [1.29, 1.82) is 0 Å². The molecule has 4 unspecified atom stereocenters. The van der Waals surface area contributed by atoms with Crippen molar-refractivity contribution in [1.82, 2.24) is 19.5 Å². The minimum Gasteiger partial charge on any atom is -0.387 e. The molecule has 0 aromatic carbocycles. The summed E-state index contributed by atoms with van der Waals surface area (Å²) in [5.41, 5.74) is 11.8. The summed E-state index contributed by atoms with van der Waals surface area (Å²) in [5, 5.41) is 23.7. The highest BCUT2D eigenvalue weighted by Gasteiger charge is 2.46. The summed E-state index contributed by atoms with van der Waals surface area (Å²) in [7, 11) is -4.77. The second kappa shape index (κ2) is 8.23. The second-order valence-electron chi connectivity index (χ2n) is 6.14. The van der Waals surface area contributed by atoms with Crippen LogP contribution in [0.5, 0.6) is 0 Å². The molecule has 2 aromatic heterocycles. The number of phosphoric ester groups is 1. The predicted molar refractivity (Wildman–Crippen MR) is 95.8 cm³/mol. The average Bonchev–Trinajstić information content (AvgIpc) is 3.12. The van der Waals surface area contributed by atoms with Crippen molar-refractivity contribution in [3.63, 3.8) is 0 Å². The fourth-order valence-electron chi connectivity index (χ4n) is 2.84. The number of phosphoric acid groups is 1. The van der Waals surface area contributed by atoms with Gasteiger partial charge in [0.15, 0.2) is 23.2 Å². The number of imidazole rings is 1. The van der Waals surface area contributed by atoms with Crippen LogP contribution in [-0.2, 0) is 13.8 Å². The molecule has 1 saturated heterocycles. The Morgan fingerprint density at radius 3 is 2.75 bits per heavy atom. The number of nitrogens with two attached hydrogens (primary N) is 2. The Balaban J connectivity index is 1.93. The van der Waals surface area contributed by atoms with E-state index in [4.69, 9.17) is 26.0 Å². The quantitative estimate of drug-likeness (QED) is 0.180. The van der Waals surface area contributed by atoms with E-state index in [1.165, 1.54) is 10.9 Å². The van der Waals surface area contributed by atoms with Crippen LogP contribution in [0, 0.1) is 0 Å². The zero-order chi connectivity index (χ0) is 20.5. The molecule has 1 aliphatic rings. The van der Waals surface area contributed by atoms with Crippen LogP contribution in [0.4, 0.5) is 11.8 Å². The number of rotatable bonds is 8. The summed E-state index contributed by atoms with van der Waals surface area (Å²) < 4.78 is 22.3. The van der Waals surface area contributed by atoms with Gasteiger partial charge >= 0.3 is 7.82 Å². The van der Waals surface area contributed by atoms with Gasteiger partial charge in [-0.1, -0.05) is 0 Å². The second-order valence-corrected chi connectivity index (χ2v) is 7.38. The first-order chi connectivity index (χ1) is 13.2. The molecular weight excluding hydrogens is 397 g/mol. The first kappa shape index (κ1) is 20.8. The molecule has 1 fully saturated rings. The maximum Gasteiger partial charge on any atom is 0.469 e. The third-order valence-corrected chi connectivity index (χ3v) is 4.65. The zero-order valence-electron chi connectivity index (χ0n) is 14.6. The lowest BCUT2D eigenvalue weighted by Gasteiger charge is -2.19. The average molecular weight is 419 g/mol. The lowest BCUT2D eigenvalue weighted by atomic mass is 10.1. The molecule has 0 radical (unpaired) electrons. The summed E-state index contributed by atoms with van der Waals surface area (Å²) in [5.74, 6) is 0.364. The van der Waals surface area contributed by atoms with Crippen LogP contribution in [0.15, 0.2) is 6.33 Å². The van der Waals surface area contributed by atoms with Gasteiger partial charge in [0.05, 0.1) is 6.61 Å². The van der Waals surface area contributed by atoms with Gasteiger partial charge in [0, 0.05) is 6.54 Å². The molecule has 14 nitrogen and oxygen atoms in total. The van der Waals surface area contributed by atoms with Gasteiger partial charge < -0.3 is 41.5 Å². The minimum atomic E-state index is -4.77. The van der Waals surface area contributed by atoms with Crippen LogP contribution in [-0.4, -0.2) is 77.5 Å². The molecule has 0 aliphatic carbocycles. The fraction of sp³-hybridized carbons (Fsp3) is 0.615. The van der Waals surface area contributed by atoms with Crippen LogP contribution >= 0.6 is 7.82 Å². The normalized spacial score (nSPS) is 25.5. The number of nitrogen functional groups attached to an aromatic ring is 1. The summed E-state index contributed by atoms with van der Waals surface area (Å²) in [4.78, 5) is 30.0. The predicted octanol–water partition coefficient (Wildman–Crippen LogP) is -2.10. The summed E-state index contributed by atoms with van der Waals surface area (Å²) in [6, 6.07) is 0. The molecule has 1 aliphatic heterocycles. The standard InChI is InChI=1S/C13H22N7O7P/c14-2-1-3-16-13-19-7-10(15)17-5-18-11(7)20(13)12-9(22)8(21)6(27-12)4-26-28(23,24)25/h5-6,8-9,12,21-22H,1-4,14H2,(H,16,19)(H2,15,17,18)(H2,23,24,25). The Bertz CT molecular complexity index is 874. The van der Waals surface area contributed by atoms with E-state index in [1.807, 2.05) is 0 Å². The number of hydrogen-bond donors (Lipinski definition) is 7. The van der Waals surface area contributed by atoms with Gasteiger partial charge in [0.2, 0.25) is 5.95 Å². The topological polar surface area (TPSA) is 224 Å². The highest BCUT2D eigenvalue weighted by Crippen LogP contribution is 2.39. The van der Waals surface area contributed by atoms with Gasteiger partial charge in [-0.15, -0.1) is 0 Å². The Hall–Kier alpha value is -1.90. The summed E-state index contributed by atoms with van der Waals surface area (Å²) in [6.07, 6.45) is -3.42. The fourth-order valence-corrected chi connectivity index (χ4v) is 3.19. The molecule has 2 aromatic rings. The number of nitrogens with one attached hydrogen (secondary N) is 1. The third kappa shape index (κ3) is 4.24. The van der Waals surface area contributed by atoms with Gasteiger partial charge in [-0.25, -0.2) is 19.5 Å². The number of nitrogens with zero attached hydrogens (tertiary/aromatic N) is 4. The van der Waals surface area contributed by atoms with Crippen molar-refractivity contribution in [2.24, 2.45) is 5.73 Å². The third-order valence-electron chi connectivity index (χ3n) is 4.17. The summed E-state index contributed by atoms with van der Waals surface area (Å²) in [6.45, 7) is 0.278. The van der Waals surface area contributed by atoms with E-state index in [2.05, 4.69) is 24.8 Å². The van der Waals surface area contributed by atoms with Crippen molar-refractivity contribution in [2.45, 2.75) is 31.0 Å². The number of aliphatic hydroxyl groups is 2. The van der Waals surface area contributed by atoms with Crippen molar-refractivity contribution in [3.8, 4) is 0 Å². The first-order valence-corrected chi connectivity index (χ1v) is 9.90. The van der Waals surface area contributed by atoms with Crippen molar-refractivity contribution in [3.05, 3.63) is 6.33 Å². The number of aromatic nitrogens is 4. The molecular formula is C13H22N7O7P. The Morgan fingerprint density at radius 2 is 2.07 bits per heavy atom. The number of hydrogen-bond acceptors (Lipinski definition) is 11. The summed E-state index contributed by atoms with van der Waals surface area (Å²) >= 11 is 0. The van der Waals surface area contributed by atoms with E-state index in [9.17, 15) is 14.8 Å². The highest BCUT2D eigenvalue weighted by molar-refractivity contribution is 7.46. The van der Waals surface area contributed by atoms with E-state index >= 15 is 0 Å². The van der Waals surface area contributed by atoms with Crippen LogP contribution in [0.1, 0.15) is 12.6 Å². The van der Waals surface area contributed by atoms with Crippen LogP contribution < -0.4 is 16.8 Å². The molecule has 0 saturated carbocycles. The number of aliphatic hydroxyl groups excluding tert-OH is 2. The molecule has 0 spiro atoms. The van der Waals surface area contributed by atoms with E-state index in [-0.39, 0.29) is 22.9 Å². The zero-order valence-corrected chi connectivity index (χ0v) is 15.5. The molecule has 0 amide bonds. The first-order valence-electron chi connectivity index (χ1n) is 8.37. The molecule has 9 N–H and O–H groups in total. The minimum absolute atomic E-state index is 0.111. The molecule has 3 heterocycles. The van der Waals surface area contributed by atoms with Crippen molar-refractivity contribution >= 4 is 30.8 Å². The van der Waals surface area contributed by atoms with E-state index < -0.39 is 39.0 Å². The van der Waals surface area contributed by atoms with Crippen molar-refractivity contribution < 1.29 is 33.8 Å². The smallest absolute Gasteiger partial charge is 0.387 e. The molecule has 3 rings (SSSR count). The molecule has 28 heavy (non-hydrogen) atoms. The van der Waals surface area contributed by atoms with Gasteiger partial charge in [-0.2, -0.15) is 0 Å². The number of anilines is 2. The molecule has 15 heteroatoms. The maximum absolute atomic E-state index is 10.9. The van der Waals surface area contributed by atoms with Gasteiger partial charge in [-0.3, -0.25) is 9.09 Å². The van der Waals surface area contributed by atoms with Gasteiger partial charge in [0.1, 0.15) is 24.6 Å². The van der Waals surface area contributed by atoms with Crippen molar-refractivity contribution in [2.75, 3.05) is 30.7 Å². The monoisotopic (exact) mass is 419 g/mol. The van der Waals surface area contributed by atoms with E-state index in [1.54, 1.807) is 0 Å². The highest BCUT2D eigenvalue weighted by atomic mass is 31.2. The molecule has 156 valence electrons. The lowest BCUT2D eigenvalue weighted by molar-refractivity contribution is -0.0494. The Labute approximate surface area is 158 Å². The SMILES string of the molecule is NCCCNc1nc2c(N)ncnc2n1C1OC(COP(=O)(O)O)C(O)C1O. The molecule has 4 atom stereocenters. The maximum atomic E-state index is 10.9. The molecule has 0 bridgehead atoms. The lowest BCUT2D eigenvalue weighted by Crippen LogP contribution is -2.33. The van der Waals surface area contributed by atoms with Crippen LogP contribution in [0.25, 0.3) is 11.2 Å². The number of fused-ring (bicyclic) bond motifs is 1. The number of ether oxygens (including phenoxy) is 1. The van der Waals surface area contributed by atoms with Crippen LogP contribution in [0.3, 0.4) is 0 Å². The van der Waals surface area contributed by atoms with E-state index in [0.29, 0.717) is 19.5 Å². The van der Waals surface area contributed by atoms with Crippen LogP contribution in [0.2, 0.25) is 0 Å². The van der Waals surface area contributed by atoms with Gasteiger partial charge in [-0.05, 0) is 13.0 Å².